The Labute approximate surface area is 157 Å². The van der Waals surface area contributed by atoms with Crippen LogP contribution in [0.25, 0.3) is 5.69 Å². The zero-order valence-electron chi connectivity index (χ0n) is 14.6. The first-order valence-corrected chi connectivity index (χ1v) is 9.30. The Morgan fingerprint density at radius 1 is 1.08 bits per heavy atom. The molecule has 1 aliphatic rings. The van der Waals surface area contributed by atoms with Crippen molar-refractivity contribution in [3.8, 4) is 5.69 Å². The number of halogens is 1. The van der Waals surface area contributed by atoms with E-state index in [-0.39, 0.29) is 5.78 Å². The van der Waals surface area contributed by atoms with Crippen LogP contribution in [0.2, 0.25) is 5.02 Å². The molecule has 0 radical (unpaired) electrons. The van der Waals surface area contributed by atoms with E-state index in [0.29, 0.717) is 22.8 Å². The second-order valence-electron chi connectivity index (χ2n) is 6.51. The molecule has 2 aromatic carbocycles. The number of nitrogens with zero attached hydrogens (tertiary/aromatic N) is 2. The molecule has 1 N–H and O–H groups in total. The van der Waals surface area contributed by atoms with Crippen molar-refractivity contribution >= 4 is 28.9 Å². The van der Waals surface area contributed by atoms with Crippen LogP contribution in [0.15, 0.2) is 48.5 Å². The Morgan fingerprint density at radius 2 is 1.81 bits per heavy atom. The van der Waals surface area contributed by atoms with Crippen LogP contribution in [-0.2, 0) is 12.8 Å². The number of aromatic nitrogens is 2. The first kappa shape index (κ1) is 16.9. The van der Waals surface area contributed by atoms with Gasteiger partial charge in [-0.25, -0.2) is 4.68 Å². The molecule has 3 aromatic rings. The predicted octanol–water partition coefficient (Wildman–Crippen LogP) is 5.35. The van der Waals surface area contributed by atoms with E-state index in [2.05, 4.69) is 24.4 Å². The van der Waals surface area contributed by atoms with Crippen LogP contribution in [-0.4, -0.2) is 15.6 Å². The third-order valence-electron chi connectivity index (χ3n) is 4.77. The number of fused-ring (bicyclic) bond motifs is 1. The van der Waals surface area contributed by atoms with E-state index in [0.717, 1.165) is 36.3 Å². The largest absolute Gasteiger partial charge is 0.338 e. The summed E-state index contributed by atoms with van der Waals surface area (Å²) in [7, 11) is 0. The van der Waals surface area contributed by atoms with Gasteiger partial charge in [-0.3, -0.25) is 4.79 Å². The maximum absolute atomic E-state index is 12.6. The Bertz CT molecular complexity index is 943. The monoisotopic (exact) mass is 365 g/mol. The molecule has 0 unspecified atom stereocenters. The third-order valence-corrected chi connectivity index (χ3v) is 5.03. The summed E-state index contributed by atoms with van der Waals surface area (Å²) in [6, 6.07) is 15.8. The zero-order chi connectivity index (χ0) is 18.1. The minimum absolute atomic E-state index is 0.152. The third kappa shape index (κ3) is 3.13. The molecule has 0 aliphatic heterocycles. The van der Waals surface area contributed by atoms with Crippen molar-refractivity contribution in [2.24, 2.45) is 0 Å². The quantitative estimate of drug-likeness (QED) is 0.677. The number of rotatable bonds is 4. The molecule has 26 heavy (non-hydrogen) atoms. The lowest BCUT2D eigenvalue weighted by Gasteiger charge is -2.13. The fourth-order valence-electron chi connectivity index (χ4n) is 3.36. The van der Waals surface area contributed by atoms with Gasteiger partial charge in [-0.05, 0) is 61.2 Å². The molecule has 0 fully saturated rings. The average Bonchev–Trinajstić information content (AvgIpc) is 3.03. The van der Waals surface area contributed by atoms with Crippen LogP contribution in [0.1, 0.15) is 41.4 Å². The number of hydrogen-bond donors (Lipinski definition) is 1. The van der Waals surface area contributed by atoms with Crippen molar-refractivity contribution < 1.29 is 4.79 Å². The number of nitrogens with one attached hydrogen (secondary N) is 1. The van der Waals surface area contributed by atoms with Crippen LogP contribution in [0.4, 0.5) is 11.5 Å². The van der Waals surface area contributed by atoms with Crippen LogP contribution in [0.3, 0.4) is 0 Å². The van der Waals surface area contributed by atoms with E-state index in [1.807, 2.05) is 41.1 Å². The molecule has 0 amide bonds. The summed E-state index contributed by atoms with van der Waals surface area (Å²) >= 11 is 6.01. The molecule has 4 rings (SSSR count). The van der Waals surface area contributed by atoms with Gasteiger partial charge in [0.15, 0.2) is 11.6 Å². The van der Waals surface area contributed by atoms with Crippen LogP contribution >= 0.6 is 11.6 Å². The first-order chi connectivity index (χ1) is 12.7. The fraction of sp³-hybridized carbons (Fsp3) is 0.238. The normalized spacial score (nSPS) is 13.5. The minimum Gasteiger partial charge on any atom is -0.338 e. The average molecular weight is 366 g/mol. The number of benzene rings is 2. The molecule has 5 heteroatoms. The summed E-state index contributed by atoms with van der Waals surface area (Å²) in [6.07, 6.45) is 3.27. The molecule has 0 atom stereocenters. The Balaban J connectivity index is 1.76. The maximum atomic E-state index is 12.6. The van der Waals surface area contributed by atoms with Gasteiger partial charge >= 0.3 is 0 Å². The van der Waals surface area contributed by atoms with Crippen LogP contribution < -0.4 is 5.32 Å². The highest BCUT2D eigenvalue weighted by molar-refractivity contribution is 6.30. The Kier molecular flexibility index (Phi) is 4.51. The van der Waals surface area contributed by atoms with Gasteiger partial charge in [0.25, 0.3) is 0 Å². The number of Topliss-reactive ketones (excluding diaryl/α,β-unsaturated/α-hetero) is 1. The van der Waals surface area contributed by atoms with E-state index >= 15 is 0 Å². The molecule has 0 spiro atoms. The van der Waals surface area contributed by atoms with Gasteiger partial charge in [-0.2, -0.15) is 0 Å². The summed E-state index contributed by atoms with van der Waals surface area (Å²) in [5.41, 5.74) is 4.81. The summed E-state index contributed by atoms with van der Waals surface area (Å²) in [5, 5.41) is 8.74. The molecule has 132 valence electrons. The molecule has 4 nitrogen and oxygen atoms in total. The van der Waals surface area contributed by atoms with Gasteiger partial charge < -0.3 is 5.32 Å². The van der Waals surface area contributed by atoms with E-state index < -0.39 is 0 Å². The van der Waals surface area contributed by atoms with Crippen molar-refractivity contribution in [2.75, 3.05) is 5.32 Å². The van der Waals surface area contributed by atoms with Gasteiger partial charge in [0, 0.05) is 17.1 Å². The lowest BCUT2D eigenvalue weighted by Crippen LogP contribution is -2.13. The van der Waals surface area contributed by atoms with Crippen LogP contribution in [0, 0.1) is 0 Å². The van der Waals surface area contributed by atoms with E-state index in [4.69, 9.17) is 16.7 Å². The lowest BCUT2D eigenvalue weighted by molar-refractivity contribution is 0.0973. The lowest BCUT2D eigenvalue weighted by atomic mass is 9.95. The second-order valence-corrected chi connectivity index (χ2v) is 6.95. The van der Waals surface area contributed by atoms with Gasteiger partial charge in [0.05, 0.1) is 16.9 Å². The summed E-state index contributed by atoms with van der Waals surface area (Å²) < 4.78 is 1.87. The van der Waals surface area contributed by atoms with Gasteiger partial charge in [0.2, 0.25) is 0 Å². The van der Waals surface area contributed by atoms with E-state index in [1.54, 1.807) is 0 Å². The van der Waals surface area contributed by atoms with Crippen molar-refractivity contribution in [1.82, 2.24) is 9.78 Å². The number of carbonyl (C=O) groups excluding carboxylic acids is 1. The molecule has 0 bridgehead atoms. The highest BCUT2D eigenvalue weighted by Gasteiger charge is 2.27. The van der Waals surface area contributed by atoms with Crippen molar-refractivity contribution in [3.63, 3.8) is 0 Å². The SMILES string of the molecule is CCc1ccc(Nc2nn(-c3ccc(Cl)cc3)c3c2C(=O)CCC3)cc1. The van der Waals surface area contributed by atoms with Crippen molar-refractivity contribution in [2.45, 2.75) is 32.6 Å². The molecule has 0 saturated heterocycles. The van der Waals surface area contributed by atoms with Crippen LogP contribution in [0.5, 0.6) is 0 Å². The summed E-state index contributed by atoms with van der Waals surface area (Å²) in [5.74, 6) is 0.781. The number of anilines is 2. The Hall–Kier alpha value is -2.59. The maximum Gasteiger partial charge on any atom is 0.168 e. The topological polar surface area (TPSA) is 46.9 Å². The first-order valence-electron chi connectivity index (χ1n) is 8.92. The molecule has 1 aliphatic carbocycles. The minimum atomic E-state index is 0.152. The summed E-state index contributed by atoms with van der Waals surface area (Å²) in [4.78, 5) is 12.6. The molecule has 1 heterocycles. The highest BCUT2D eigenvalue weighted by Crippen LogP contribution is 2.32. The predicted molar refractivity (Wildman–Crippen MR) is 105 cm³/mol. The van der Waals surface area contributed by atoms with E-state index in [9.17, 15) is 4.79 Å². The molecule has 0 saturated carbocycles. The van der Waals surface area contributed by atoms with Crippen molar-refractivity contribution in [3.05, 3.63) is 70.4 Å². The number of carbonyl (C=O) groups is 1. The van der Waals surface area contributed by atoms with Gasteiger partial charge in [-0.15, -0.1) is 5.10 Å². The number of aryl methyl sites for hydroxylation is 1. The van der Waals surface area contributed by atoms with Gasteiger partial charge in [-0.1, -0.05) is 30.7 Å². The smallest absolute Gasteiger partial charge is 0.168 e. The number of ketones is 1. The fourth-order valence-corrected chi connectivity index (χ4v) is 3.49. The number of hydrogen-bond acceptors (Lipinski definition) is 3. The standard InChI is InChI=1S/C21H20ClN3O/c1-2-14-6-10-16(11-7-14)23-21-20-18(4-3-5-19(20)26)25(24-21)17-12-8-15(22)9-13-17/h6-13H,2-5H2,1H3,(H,23,24). The summed E-state index contributed by atoms with van der Waals surface area (Å²) in [6.45, 7) is 2.13. The molecule has 1 aromatic heterocycles. The van der Waals surface area contributed by atoms with E-state index in [1.165, 1.54) is 5.56 Å². The second kappa shape index (κ2) is 6.96. The Morgan fingerprint density at radius 3 is 2.50 bits per heavy atom. The zero-order valence-corrected chi connectivity index (χ0v) is 15.4. The van der Waals surface area contributed by atoms with Gasteiger partial charge in [0.1, 0.15) is 0 Å². The molecular weight excluding hydrogens is 346 g/mol. The highest BCUT2D eigenvalue weighted by atomic mass is 35.5. The molecular formula is C21H20ClN3O. The van der Waals surface area contributed by atoms with Crippen molar-refractivity contribution in [1.29, 1.82) is 0 Å².